The molecular weight excluding hydrogens is 266 g/mol. The summed E-state index contributed by atoms with van der Waals surface area (Å²) in [5.41, 5.74) is 0.116. The van der Waals surface area contributed by atoms with Crippen molar-refractivity contribution >= 4 is 0 Å². The Bertz CT molecular complexity index is 521. The number of hydrogen-bond acceptors (Lipinski definition) is 4. The van der Waals surface area contributed by atoms with Crippen LogP contribution in [0, 0.1) is 0 Å². The molecule has 0 amide bonds. The van der Waals surface area contributed by atoms with Crippen molar-refractivity contribution in [3.05, 3.63) is 23.8 Å². The zero-order valence-electron chi connectivity index (χ0n) is 13.1. The second-order valence-electron chi connectivity index (χ2n) is 7.22. The lowest BCUT2D eigenvalue weighted by Crippen LogP contribution is -2.43. The lowest BCUT2D eigenvalue weighted by atomic mass is 10.0. The number of hydrogen-bond donors (Lipinski definition) is 2. The van der Waals surface area contributed by atoms with Crippen LogP contribution in [0.25, 0.3) is 0 Å². The van der Waals surface area contributed by atoms with Gasteiger partial charge in [-0.25, -0.2) is 0 Å². The number of rotatable bonds is 6. The maximum absolute atomic E-state index is 10.4. The van der Waals surface area contributed by atoms with Crippen molar-refractivity contribution in [1.82, 2.24) is 5.32 Å². The molecule has 3 rings (SSSR count). The van der Waals surface area contributed by atoms with Crippen LogP contribution in [-0.2, 0) is 6.42 Å². The molecule has 1 aliphatic carbocycles. The number of fused-ring (bicyclic) bond motifs is 1. The fourth-order valence-electron chi connectivity index (χ4n) is 2.64. The van der Waals surface area contributed by atoms with E-state index in [1.165, 1.54) is 18.4 Å². The van der Waals surface area contributed by atoms with Crippen molar-refractivity contribution in [3.8, 4) is 11.5 Å². The Morgan fingerprint density at radius 2 is 2.19 bits per heavy atom. The van der Waals surface area contributed by atoms with E-state index in [1.807, 2.05) is 12.1 Å². The van der Waals surface area contributed by atoms with Crippen molar-refractivity contribution in [3.63, 3.8) is 0 Å². The molecule has 1 unspecified atom stereocenters. The minimum absolute atomic E-state index is 0.183. The van der Waals surface area contributed by atoms with Crippen molar-refractivity contribution in [1.29, 1.82) is 0 Å². The van der Waals surface area contributed by atoms with Gasteiger partial charge in [0.1, 0.15) is 17.8 Å². The third-order valence-corrected chi connectivity index (χ3v) is 3.94. The molecule has 2 aliphatic rings. The Labute approximate surface area is 126 Å². The summed E-state index contributed by atoms with van der Waals surface area (Å²) in [6, 6.07) is 6.55. The summed E-state index contributed by atoms with van der Waals surface area (Å²) in [6.45, 7) is 6.77. The molecule has 1 aliphatic heterocycles. The number of aliphatic hydroxyl groups is 1. The van der Waals surface area contributed by atoms with Gasteiger partial charge in [0.15, 0.2) is 11.5 Å². The second kappa shape index (κ2) is 5.18. The minimum Gasteiger partial charge on any atom is -0.487 e. The van der Waals surface area contributed by atoms with Crippen molar-refractivity contribution in [2.24, 2.45) is 0 Å². The van der Waals surface area contributed by atoms with E-state index in [9.17, 15) is 5.11 Å². The largest absolute Gasteiger partial charge is 0.487 e. The summed E-state index contributed by atoms with van der Waals surface area (Å²) >= 11 is 0. The molecule has 0 bridgehead atoms. The Kier molecular flexibility index (Phi) is 3.62. The number of para-hydroxylation sites is 1. The molecule has 0 saturated heterocycles. The van der Waals surface area contributed by atoms with Gasteiger partial charge in [0.2, 0.25) is 0 Å². The van der Waals surface area contributed by atoms with Gasteiger partial charge in [0, 0.05) is 24.6 Å². The monoisotopic (exact) mass is 291 g/mol. The summed E-state index contributed by atoms with van der Waals surface area (Å²) in [7, 11) is 0. The van der Waals surface area contributed by atoms with Gasteiger partial charge in [-0.3, -0.25) is 0 Å². The van der Waals surface area contributed by atoms with Crippen LogP contribution in [-0.4, -0.2) is 35.5 Å². The highest BCUT2D eigenvalue weighted by atomic mass is 16.5. The maximum atomic E-state index is 10.4. The average Bonchev–Trinajstić information content (AvgIpc) is 3.15. The molecule has 1 aromatic rings. The van der Waals surface area contributed by atoms with E-state index in [2.05, 4.69) is 25.2 Å². The molecule has 1 heterocycles. The van der Waals surface area contributed by atoms with Crippen LogP contribution in [0.5, 0.6) is 11.5 Å². The van der Waals surface area contributed by atoms with E-state index >= 15 is 0 Å². The van der Waals surface area contributed by atoms with E-state index in [0.717, 1.165) is 17.9 Å². The van der Waals surface area contributed by atoms with Crippen LogP contribution < -0.4 is 14.8 Å². The van der Waals surface area contributed by atoms with E-state index in [4.69, 9.17) is 9.47 Å². The smallest absolute Gasteiger partial charge is 0.165 e. The Morgan fingerprint density at radius 1 is 1.43 bits per heavy atom. The summed E-state index contributed by atoms with van der Waals surface area (Å²) < 4.78 is 11.8. The third-order valence-electron chi connectivity index (χ3n) is 3.94. The summed E-state index contributed by atoms with van der Waals surface area (Å²) in [5, 5.41) is 13.7. The number of nitrogens with one attached hydrogen (secondary N) is 1. The van der Waals surface area contributed by atoms with E-state index in [-0.39, 0.29) is 12.2 Å². The first-order chi connectivity index (χ1) is 9.85. The van der Waals surface area contributed by atoms with Gasteiger partial charge >= 0.3 is 0 Å². The minimum atomic E-state index is -0.876. The Morgan fingerprint density at radius 3 is 2.90 bits per heavy atom. The highest BCUT2D eigenvalue weighted by Crippen LogP contribution is 2.41. The van der Waals surface area contributed by atoms with Crippen LogP contribution in [0.3, 0.4) is 0 Å². The fraction of sp³-hybridized carbons (Fsp3) is 0.647. The van der Waals surface area contributed by atoms with Crippen LogP contribution in [0.2, 0.25) is 0 Å². The van der Waals surface area contributed by atoms with E-state index < -0.39 is 5.60 Å². The van der Waals surface area contributed by atoms with Gasteiger partial charge < -0.3 is 19.9 Å². The molecule has 4 heteroatoms. The zero-order chi connectivity index (χ0) is 15.1. The standard InChI is InChI=1S/C17H25NO3/c1-16(2)9-12-5-4-6-14(15(12)21-16)20-11-17(3,19)10-18-13-7-8-13/h4-6,13,18-19H,7-11H2,1-3H3. The van der Waals surface area contributed by atoms with Crippen molar-refractivity contribution in [2.75, 3.05) is 13.2 Å². The quantitative estimate of drug-likeness (QED) is 0.844. The molecule has 1 fully saturated rings. The van der Waals surface area contributed by atoms with Crippen molar-refractivity contribution in [2.45, 2.75) is 57.3 Å². The van der Waals surface area contributed by atoms with Gasteiger partial charge in [0.25, 0.3) is 0 Å². The van der Waals surface area contributed by atoms with Crippen molar-refractivity contribution < 1.29 is 14.6 Å². The average molecular weight is 291 g/mol. The molecule has 0 aromatic heterocycles. The molecule has 1 aromatic carbocycles. The summed E-state index contributed by atoms with van der Waals surface area (Å²) in [6.07, 6.45) is 3.32. The SMILES string of the molecule is CC(O)(CNC1CC1)COc1cccc2c1OC(C)(C)C2. The second-order valence-corrected chi connectivity index (χ2v) is 7.22. The highest BCUT2D eigenvalue weighted by molar-refractivity contribution is 5.50. The van der Waals surface area contributed by atoms with Gasteiger partial charge in [-0.15, -0.1) is 0 Å². The first kappa shape index (κ1) is 14.7. The fourth-order valence-corrected chi connectivity index (χ4v) is 2.64. The Balaban J connectivity index is 1.62. The molecule has 116 valence electrons. The van der Waals surface area contributed by atoms with E-state index in [1.54, 1.807) is 6.92 Å². The zero-order valence-corrected chi connectivity index (χ0v) is 13.1. The molecular formula is C17H25NO3. The van der Waals surface area contributed by atoms with E-state index in [0.29, 0.717) is 12.6 Å². The normalized spacial score (nSPS) is 22.3. The highest BCUT2D eigenvalue weighted by Gasteiger charge is 2.33. The lowest BCUT2D eigenvalue weighted by Gasteiger charge is -2.25. The number of benzene rings is 1. The predicted octanol–water partition coefficient (Wildman–Crippen LogP) is 2.28. The van der Waals surface area contributed by atoms with Gasteiger partial charge in [-0.2, -0.15) is 0 Å². The third kappa shape index (κ3) is 3.69. The first-order valence-corrected chi connectivity index (χ1v) is 7.74. The lowest BCUT2D eigenvalue weighted by molar-refractivity contribution is 0.0104. The molecule has 0 radical (unpaired) electrons. The first-order valence-electron chi connectivity index (χ1n) is 7.74. The van der Waals surface area contributed by atoms with Crippen LogP contribution in [0.15, 0.2) is 18.2 Å². The molecule has 0 spiro atoms. The van der Waals surface area contributed by atoms with Gasteiger partial charge in [0.05, 0.1) is 0 Å². The van der Waals surface area contributed by atoms with Gasteiger partial charge in [-0.1, -0.05) is 12.1 Å². The van der Waals surface area contributed by atoms with Crippen LogP contribution >= 0.6 is 0 Å². The topological polar surface area (TPSA) is 50.7 Å². The molecule has 2 N–H and O–H groups in total. The van der Waals surface area contributed by atoms with Crippen LogP contribution in [0.1, 0.15) is 39.2 Å². The maximum Gasteiger partial charge on any atom is 0.165 e. The van der Waals surface area contributed by atoms with Gasteiger partial charge in [-0.05, 0) is 39.7 Å². The molecule has 21 heavy (non-hydrogen) atoms. The van der Waals surface area contributed by atoms with Crippen LogP contribution in [0.4, 0.5) is 0 Å². The summed E-state index contributed by atoms with van der Waals surface area (Å²) in [4.78, 5) is 0. The predicted molar refractivity (Wildman–Crippen MR) is 82.0 cm³/mol. The Hall–Kier alpha value is -1.26. The number of ether oxygens (including phenoxy) is 2. The summed E-state index contributed by atoms with van der Waals surface area (Å²) in [5.74, 6) is 1.55. The molecule has 1 atom stereocenters. The molecule has 1 saturated carbocycles. The molecule has 4 nitrogen and oxygen atoms in total.